The van der Waals surface area contributed by atoms with E-state index < -0.39 is 17.7 Å². The van der Waals surface area contributed by atoms with Gasteiger partial charge in [-0.05, 0) is 48.6 Å². The van der Waals surface area contributed by atoms with E-state index in [1.165, 1.54) is 6.07 Å². The van der Waals surface area contributed by atoms with Crippen LogP contribution in [0.15, 0.2) is 95.3 Å². The second-order valence-electron chi connectivity index (χ2n) is 10.0. The lowest BCUT2D eigenvalue weighted by atomic mass is 9.71. The number of methoxy groups -OCH3 is 2. The highest BCUT2D eigenvalue weighted by molar-refractivity contribution is 6.04. The number of ketones is 1. The Morgan fingerprint density at radius 1 is 0.950 bits per heavy atom. The minimum absolute atomic E-state index is 0.119. The lowest BCUT2D eigenvalue weighted by Crippen LogP contribution is -2.36. The number of ether oxygens (including phenoxy) is 3. The molecule has 0 bridgehead atoms. The molecule has 1 heterocycles. The van der Waals surface area contributed by atoms with Crippen molar-refractivity contribution in [2.24, 2.45) is 0 Å². The number of rotatable bonds is 8. The standard InChI is InChI=1S/C33H32FNO5/c1-20-30(33(37)40-16-15-21-9-5-4-6-10-21)31(24-11-7-8-12-25(24)34)32-26(35-20)17-23(18-27(32)36)22-13-14-28(38-2)29(19-22)39-3/h4-14,19,23,31,35H,15-18H2,1-3H3. The number of benzene rings is 3. The van der Waals surface area contributed by atoms with Crippen LogP contribution in [0.1, 0.15) is 48.3 Å². The maximum Gasteiger partial charge on any atom is 0.336 e. The fraction of sp³-hybridized carbons (Fsp3) is 0.273. The van der Waals surface area contributed by atoms with Crippen LogP contribution in [0.3, 0.4) is 0 Å². The zero-order valence-electron chi connectivity index (χ0n) is 22.8. The predicted octanol–water partition coefficient (Wildman–Crippen LogP) is 5.99. The van der Waals surface area contributed by atoms with Crippen LogP contribution in [0, 0.1) is 5.82 Å². The first kappa shape index (κ1) is 27.2. The highest BCUT2D eigenvalue weighted by atomic mass is 19.1. The van der Waals surface area contributed by atoms with Gasteiger partial charge in [-0.1, -0.05) is 54.6 Å². The predicted molar refractivity (Wildman–Crippen MR) is 150 cm³/mol. The molecule has 0 spiro atoms. The van der Waals surface area contributed by atoms with E-state index in [9.17, 15) is 9.59 Å². The van der Waals surface area contributed by atoms with Gasteiger partial charge in [0.2, 0.25) is 0 Å². The SMILES string of the molecule is COc1ccc(C2CC(=O)C3=C(C2)NC(C)=C(C(=O)OCCc2ccccc2)C3c2ccccc2F)cc1OC. The van der Waals surface area contributed by atoms with Crippen molar-refractivity contribution >= 4 is 11.8 Å². The van der Waals surface area contributed by atoms with E-state index in [2.05, 4.69) is 5.32 Å². The average Bonchev–Trinajstić information content (AvgIpc) is 2.96. The number of halogens is 1. The molecule has 3 aromatic carbocycles. The number of carbonyl (C=O) groups is 2. The second kappa shape index (κ2) is 11.8. The molecule has 0 radical (unpaired) electrons. The van der Waals surface area contributed by atoms with Gasteiger partial charge in [0.15, 0.2) is 17.3 Å². The number of nitrogens with one attached hydrogen (secondary N) is 1. The molecule has 2 aliphatic rings. The summed E-state index contributed by atoms with van der Waals surface area (Å²) in [6.45, 7) is 1.95. The third kappa shape index (κ3) is 5.37. The molecule has 40 heavy (non-hydrogen) atoms. The average molecular weight is 542 g/mol. The van der Waals surface area contributed by atoms with Gasteiger partial charge < -0.3 is 19.5 Å². The van der Waals surface area contributed by atoms with E-state index in [4.69, 9.17) is 14.2 Å². The molecule has 5 rings (SSSR count). The van der Waals surface area contributed by atoms with Crippen molar-refractivity contribution in [1.29, 1.82) is 0 Å². The Labute approximate surface area is 233 Å². The first-order valence-corrected chi connectivity index (χ1v) is 13.3. The van der Waals surface area contributed by atoms with Crippen LogP contribution in [0.5, 0.6) is 11.5 Å². The quantitative estimate of drug-likeness (QED) is 0.353. The molecule has 3 aromatic rings. The van der Waals surface area contributed by atoms with Gasteiger partial charge in [-0.25, -0.2) is 9.18 Å². The number of allylic oxidation sites excluding steroid dienone is 3. The first-order valence-electron chi connectivity index (χ1n) is 13.3. The van der Waals surface area contributed by atoms with Crippen molar-refractivity contribution < 1.29 is 28.2 Å². The zero-order valence-corrected chi connectivity index (χ0v) is 22.8. The highest BCUT2D eigenvalue weighted by Gasteiger charge is 2.42. The van der Waals surface area contributed by atoms with Crippen LogP contribution >= 0.6 is 0 Å². The first-order chi connectivity index (χ1) is 19.4. The summed E-state index contributed by atoms with van der Waals surface area (Å²) in [4.78, 5) is 27.3. The van der Waals surface area contributed by atoms with Crippen LogP contribution in [-0.4, -0.2) is 32.6 Å². The molecule has 0 amide bonds. The van der Waals surface area contributed by atoms with Crippen molar-refractivity contribution in [2.45, 2.75) is 38.0 Å². The second-order valence-corrected chi connectivity index (χ2v) is 10.0. The van der Waals surface area contributed by atoms with Gasteiger partial charge in [0.05, 0.1) is 32.3 Å². The summed E-state index contributed by atoms with van der Waals surface area (Å²) in [5, 5.41) is 3.32. The molecule has 0 fully saturated rings. The van der Waals surface area contributed by atoms with Crippen molar-refractivity contribution in [1.82, 2.24) is 5.32 Å². The van der Waals surface area contributed by atoms with E-state index in [1.54, 1.807) is 39.3 Å². The number of Topliss-reactive ketones (excluding diaryl/α,β-unsaturated/α-hetero) is 1. The highest BCUT2D eigenvalue weighted by Crippen LogP contribution is 2.47. The Hall–Kier alpha value is -4.39. The van der Waals surface area contributed by atoms with E-state index in [0.717, 1.165) is 11.1 Å². The van der Waals surface area contributed by atoms with Crippen LogP contribution in [0.4, 0.5) is 4.39 Å². The Bertz CT molecular complexity index is 1490. The lowest BCUT2D eigenvalue weighted by Gasteiger charge is -2.36. The largest absolute Gasteiger partial charge is 0.493 e. The van der Waals surface area contributed by atoms with Gasteiger partial charge in [-0.15, -0.1) is 0 Å². The number of hydrogen-bond donors (Lipinski definition) is 1. The molecule has 0 saturated carbocycles. The number of carbonyl (C=O) groups excluding carboxylic acids is 2. The molecular weight excluding hydrogens is 509 g/mol. The Morgan fingerprint density at radius 2 is 1.68 bits per heavy atom. The van der Waals surface area contributed by atoms with Crippen LogP contribution in [-0.2, 0) is 20.7 Å². The number of esters is 1. The molecule has 2 atom stereocenters. The molecule has 1 N–H and O–H groups in total. The normalized spacial score (nSPS) is 18.6. The van der Waals surface area contributed by atoms with E-state index in [0.29, 0.717) is 41.3 Å². The molecular formula is C33H32FNO5. The molecule has 0 aromatic heterocycles. The van der Waals surface area contributed by atoms with Gasteiger partial charge in [0.1, 0.15) is 5.82 Å². The maximum atomic E-state index is 15.2. The van der Waals surface area contributed by atoms with Crippen molar-refractivity contribution in [2.75, 3.05) is 20.8 Å². The molecule has 1 aliphatic heterocycles. The van der Waals surface area contributed by atoms with Crippen LogP contribution < -0.4 is 14.8 Å². The fourth-order valence-electron chi connectivity index (χ4n) is 5.66. The van der Waals surface area contributed by atoms with Crippen molar-refractivity contribution in [3.63, 3.8) is 0 Å². The smallest absolute Gasteiger partial charge is 0.336 e. The van der Waals surface area contributed by atoms with E-state index in [-0.39, 0.29) is 35.9 Å². The summed E-state index contributed by atoms with van der Waals surface area (Å²) in [6.07, 6.45) is 1.29. The van der Waals surface area contributed by atoms with Crippen molar-refractivity contribution in [3.05, 3.63) is 118 Å². The monoisotopic (exact) mass is 541 g/mol. The fourth-order valence-corrected chi connectivity index (χ4v) is 5.66. The molecule has 6 nitrogen and oxygen atoms in total. The summed E-state index contributed by atoms with van der Waals surface area (Å²) in [5.41, 5.74) is 4.19. The van der Waals surface area contributed by atoms with E-state index >= 15 is 4.39 Å². The molecule has 1 aliphatic carbocycles. The van der Waals surface area contributed by atoms with Crippen LogP contribution in [0.2, 0.25) is 0 Å². The van der Waals surface area contributed by atoms with Gasteiger partial charge in [-0.3, -0.25) is 4.79 Å². The molecule has 206 valence electrons. The Kier molecular flexibility index (Phi) is 8.01. The summed E-state index contributed by atoms with van der Waals surface area (Å²) in [7, 11) is 3.15. The van der Waals surface area contributed by atoms with Gasteiger partial charge in [0.25, 0.3) is 0 Å². The minimum Gasteiger partial charge on any atom is -0.493 e. The lowest BCUT2D eigenvalue weighted by molar-refractivity contribution is -0.139. The van der Waals surface area contributed by atoms with Crippen LogP contribution in [0.25, 0.3) is 0 Å². The third-order valence-corrected chi connectivity index (χ3v) is 7.61. The summed E-state index contributed by atoms with van der Waals surface area (Å²) >= 11 is 0. The maximum absolute atomic E-state index is 15.2. The van der Waals surface area contributed by atoms with Gasteiger partial charge >= 0.3 is 5.97 Å². The Balaban J connectivity index is 1.47. The molecule has 7 heteroatoms. The zero-order chi connectivity index (χ0) is 28.2. The summed E-state index contributed by atoms with van der Waals surface area (Å²) < 4.78 is 31.8. The van der Waals surface area contributed by atoms with E-state index in [1.807, 2.05) is 48.5 Å². The number of dihydropyridines is 1. The third-order valence-electron chi connectivity index (χ3n) is 7.61. The van der Waals surface area contributed by atoms with Crippen molar-refractivity contribution in [3.8, 4) is 11.5 Å². The summed E-state index contributed by atoms with van der Waals surface area (Å²) in [6, 6.07) is 21.7. The minimum atomic E-state index is -0.861. The molecule has 0 saturated heterocycles. The summed E-state index contributed by atoms with van der Waals surface area (Å²) in [5.74, 6) is -0.951. The Morgan fingerprint density at radius 3 is 2.40 bits per heavy atom. The number of hydrogen-bond acceptors (Lipinski definition) is 6. The van der Waals surface area contributed by atoms with Gasteiger partial charge in [0, 0.05) is 35.4 Å². The van der Waals surface area contributed by atoms with Gasteiger partial charge in [-0.2, -0.15) is 0 Å². The molecule has 2 unspecified atom stereocenters. The topological polar surface area (TPSA) is 73.9 Å².